The van der Waals surface area contributed by atoms with E-state index in [9.17, 15) is 9.59 Å². The molecule has 1 aromatic rings. The number of amides is 1. The summed E-state index contributed by atoms with van der Waals surface area (Å²) < 4.78 is 0. The van der Waals surface area contributed by atoms with Crippen LogP contribution in [0.1, 0.15) is 11.5 Å². The minimum atomic E-state index is -0.985. The van der Waals surface area contributed by atoms with Crippen molar-refractivity contribution in [1.82, 2.24) is 5.32 Å². The van der Waals surface area contributed by atoms with Crippen molar-refractivity contribution in [2.75, 3.05) is 17.3 Å². The van der Waals surface area contributed by atoms with Gasteiger partial charge in [-0.15, -0.1) is 11.8 Å². The van der Waals surface area contributed by atoms with Crippen LogP contribution in [0.5, 0.6) is 0 Å². The van der Waals surface area contributed by atoms with Crippen molar-refractivity contribution < 1.29 is 14.7 Å². The van der Waals surface area contributed by atoms with E-state index in [2.05, 4.69) is 17.4 Å². The zero-order valence-corrected chi connectivity index (χ0v) is 11.9. The highest BCUT2D eigenvalue weighted by Crippen LogP contribution is 2.40. The zero-order valence-electron chi connectivity index (χ0n) is 10.2. The van der Waals surface area contributed by atoms with Crippen LogP contribution in [0.2, 0.25) is 0 Å². The molecule has 1 amide bonds. The number of carboxylic acid groups (broad SMARTS) is 1. The van der Waals surface area contributed by atoms with Crippen molar-refractivity contribution in [1.29, 1.82) is 0 Å². The van der Waals surface area contributed by atoms with E-state index in [0.717, 1.165) is 11.5 Å². The lowest BCUT2D eigenvalue weighted by Gasteiger charge is -2.13. The van der Waals surface area contributed by atoms with Crippen LogP contribution in [0.25, 0.3) is 0 Å². The number of hydrogen-bond donors (Lipinski definition) is 2. The van der Waals surface area contributed by atoms with Gasteiger partial charge in [0.1, 0.15) is 6.04 Å². The molecule has 0 aromatic heterocycles. The van der Waals surface area contributed by atoms with Gasteiger partial charge in [-0.3, -0.25) is 4.79 Å². The van der Waals surface area contributed by atoms with Gasteiger partial charge >= 0.3 is 5.97 Å². The van der Waals surface area contributed by atoms with Crippen LogP contribution >= 0.6 is 23.5 Å². The molecule has 2 rings (SSSR count). The fourth-order valence-electron chi connectivity index (χ4n) is 1.97. The number of rotatable bonds is 7. The smallest absolute Gasteiger partial charge is 0.327 e. The number of benzene rings is 1. The largest absolute Gasteiger partial charge is 0.480 e. The number of carbonyl (C=O) groups is 2. The first-order chi connectivity index (χ1) is 9.22. The molecular weight excluding hydrogens is 282 g/mol. The van der Waals surface area contributed by atoms with E-state index in [-0.39, 0.29) is 0 Å². The minimum Gasteiger partial charge on any atom is -0.480 e. The highest BCUT2D eigenvalue weighted by atomic mass is 32.2. The van der Waals surface area contributed by atoms with Gasteiger partial charge in [-0.2, -0.15) is 11.8 Å². The van der Waals surface area contributed by atoms with Crippen molar-refractivity contribution in [3.63, 3.8) is 0 Å². The van der Waals surface area contributed by atoms with Gasteiger partial charge in [0.05, 0.1) is 0 Å². The summed E-state index contributed by atoms with van der Waals surface area (Å²) in [6.45, 7) is 0. The number of hydrogen-bond acceptors (Lipinski definition) is 4. The summed E-state index contributed by atoms with van der Waals surface area (Å²) in [6.07, 6.45) is 0.445. The Kier molecular flexibility index (Phi) is 5.15. The average molecular weight is 297 g/mol. The van der Waals surface area contributed by atoms with Crippen molar-refractivity contribution in [2.24, 2.45) is 0 Å². The van der Waals surface area contributed by atoms with Crippen molar-refractivity contribution in [2.45, 2.75) is 16.9 Å². The molecule has 102 valence electrons. The number of aliphatic carboxylic acids is 1. The number of carbonyl (C=O) groups excluding carboxylic acids is 1. The molecule has 0 saturated heterocycles. The van der Waals surface area contributed by atoms with Gasteiger partial charge in [0.2, 0.25) is 6.41 Å². The quantitative estimate of drug-likeness (QED) is 0.751. The third-order valence-electron chi connectivity index (χ3n) is 2.97. The Bertz CT molecular complexity index is 467. The first-order valence-electron chi connectivity index (χ1n) is 5.94. The molecule has 1 aromatic carbocycles. The second-order valence-electron chi connectivity index (χ2n) is 4.26. The summed E-state index contributed by atoms with van der Waals surface area (Å²) in [5, 5.41) is 11.2. The SMILES string of the molecule is O=CNC(CSCC1CSc2ccccc21)C(=O)O. The monoisotopic (exact) mass is 297 g/mol. The molecule has 6 heteroatoms. The molecule has 0 aliphatic carbocycles. The Labute approximate surface area is 120 Å². The molecule has 2 N–H and O–H groups in total. The molecule has 1 aliphatic rings. The van der Waals surface area contributed by atoms with Crippen LogP contribution < -0.4 is 5.32 Å². The zero-order chi connectivity index (χ0) is 13.7. The van der Waals surface area contributed by atoms with E-state index < -0.39 is 12.0 Å². The maximum absolute atomic E-state index is 10.9. The van der Waals surface area contributed by atoms with E-state index in [1.807, 2.05) is 23.9 Å². The topological polar surface area (TPSA) is 66.4 Å². The molecule has 1 heterocycles. The Hall–Kier alpha value is -1.14. The van der Waals surface area contributed by atoms with Gasteiger partial charge in [0, 0.05) is 28.1 Å². The second-order valence-corrected chi connectivity index (χ2v) is 6.40. The maximum atomic E-state index is 10.9. The van der Waals surface area contributed by atoms with E-state index in [1.54, 1.807) is 11.8 Å². The number of nitrogens with one attached hydrogen (secondary N) is 1. The van der Waals surface area contributed by atoms with Crippen LogP contribution in [-0.4, -0.2) is 40.8 Å². The van der Waals surface area contributed by atoms with E-state index >= 15 is 0 Å². The predicted molar refractivity (Wildman–Crippen MR) is 77.9 cm³/mol. The first kappa shape index (κ1) is 14.3. The standard InChI is InChI=1S/C13H15NO3S2/c15-8-14-11(13(16)17)7-18-5-9-6-19-12-4-2-1-3-10(9)12/h1-4,8-9,11H,5-7H2,(H,14,15)(H,16,17). The number of fused-ring (bicyclic) bond motifs is 1. The minimum absolute atomic E-state index is 0.400. The molecule has 2 atom stereocenters. The van der Waals surface area contributed by atoms with Gasteiger partial charge in [-0.1, -0.05) is 18.2 Å². The Balaban J connectivity index is 1.84. The summed E-state index contributed by atoms with van der Waals surface area (Å²) in [4.78, 5) is 22.5. The Morgan fingerprint density at radius 1 is 1.58 bits per heavy atom. The van der Waals surface area contributed by atoms with E-state index in [1.165, 1.54) is 10.5 Å². The molecule has 1 aliphatic heterocycles. The maximum Gasteiger partial charge on any atom is 0.327 e. The van der Waals surface area contributed by atoms with Gasteiger partial charge in [0.15, 0.2) is 0 Å². The van der Waals surface area contributed by atoms with Crippen molar-refractivity contribution in [3.05, 3.63) is 29.8 Å². The molecule has 0 spiro atoms. The fraction of sp³-hybridized carbons (Fsp3) is 0.385. The fourth-order valence-corrected chi connectivity index (χ4v) is 4.56. The molecule has 2 unspecified atom stereocenters. The summed E-state index contributed by atoms with van der Waals surface area (Å²) in [6, 6.07) is 7.54. The number of thioether (sulfide) groups is 2. The van der Waals surface area contributed by atoms with Gasteiger partial charge in [0.25, 0.3) is 0 Å². The van der Waals surface area contributed by atoms with Crippen LogP contribution in [0, 0.1) is 0 Å². The van der Waals surface area contributed by atoms with E-state index in [4.69, 9.17) is 5.11 Å². The van der Waals surface area contributed by atoms with Crippen LogP contribution in [0.4, 0.5) is 0 Å². The Morgan fingerprint density at radius 3 is 3.11 bits per heavy atom. The normalized spacial score (nSPS) is 18.6. The van der Waals surface area contributed by atoms with Crippen LogP contribution in [-0.2, 0) is 9.59 Å². The first-order valence-corrected chi connectivity index (χ1v) is 8.08. The van der Waals surface area contributed by atoms with Crippen molar-refractivity contribution >= 4 is 35.9 Å². The van der Waals surface area contributed by atoms with Gasteiger partial charge in [-0.05, 0) is 11.6 Å². The lowest BCUT2D eigenvalue weighted by molar-refractivity contribution is -0.139. The third-order valence-corrected chi connectivity index (χ3v) is 5.43. The molecule has 0 radical (unpaired) electrons. The highest BCUT2D eigenvalue weighted by molar-refractivity contribution is 8.00. The van der Waals surface area contributed by atoms with Gasteiger partial charge < -0.3 is 10.4 Å². The van der Waals surface area contributed by atoms with Crippen LogP contribution in [0.15, 0.2) is 29.2 Å². The number of carboxylic acids is 1. The summed E-state index contributed by atoms with van der Waals surface area (Å²) in [7, 11) is 0. The summed E-state index contributed by atoms with van der Waals surface area (Å²) in [5.74, 6) is 1.81. The third kappa shape index (κ3) is 3.67. The molecule has 0 saturated carbocycles. The predicted octanol–water partition coefficient (Wildman–Crippen LogP) is 1.81. The summed E-state index contributed by atoms with van der Waals surface area (Å²) >= 11 is 3.42. The molecule has 0 bridgehead atoms. The molecule has 19 heavy (non-hydrogen) atoms. The lowest BCUT2D eigenvalue weighted by atomic mass is 10.0. The highest BCUT2D eigenvalue weighted by Gasteiger charge is 2.23. The molecule has 4 nitrogen and oxygen atoms in total. The van der Waals surface area contributed by atoms with Crippen molar-refractivity contribution in [3.8, 4) is 0 Å². The molecule has 0 fully saturated rings. The van der Waals surface area contributed by atoms with Gasteiger partial charge in [-0.25, -0.2) is 4.79 Å². The Morgan fingerprint density at radius 2 is 2.37 bits per heavy atom. The second kappa shape index (κ2) is 6.86. The van der Waals surface area contributed by atoms with E-state index in [0.29, 0.717) is 18.1 Å². The van der Waals surface area contributed by atoms with Crippen LogP contribution in [0.3, 0.4) is 0 Å². The molecular formula is C13H15NO3S2. The summed E-state index contributed by atoms with van der Waals surface area (Å²) in [5.41, 5.74) is 1.36. The lowest BCUT2D eigenvalue weighted by Crippen LogP contribution is -2.38. The average Bonchev–Trinajstić information content (AvgIpc) is 2.81.